The number of likely N-dealkylation sites (N-methyl/N-ethyl adjacent to an activating group) is 2. The zero-order valence-electron chi connectivity index (χ0n) is 48.3. The van der Waals surface area contributed by atoms with E-state index in [1.165, 1.54) is 74.7 Å². The molecule has 86 heavy (non-hydrogen) atoms. The Labute approximate surface area is 503 Å². The molecule has 2 aliphatic rings. The van der Waals surface area contributed by atoms with E-state index in [0.717, 1.165) is 26.2 Å². The number of nitrogens with one attached hydrogen (secondary N) is 4. The van der Waals surface area contributed by atoms with Crippen LogP contribution in [0.1, 0.15) is 70.2 Å². The van der Waals surface area contributed by atoms with E-state index in [1.54, 1.807) is 62.9 Å². The number of rotatable bonds is 18. The van der Waals surface area contributed by atoms with Crippen molar-refractivity contribution in [1.29, 1.82) is 0 Å². The van der Waals surface area contributed by atoms with Gasteiger partial charge in [0.1, 0.15) is 24.7 Å². The zero-order valence-corrected chi connectivity index (χ0v) is 49.8. The fourth-order valence-corrected chi connectivity index (χ4v) is 9.38. The van der Waals surface area contributed by atoms with E-state index in [2.05, 4.69) is 58.3 Å². The Morgan fingerprint density at radius 3 is 1.56 bits per heavy atom. The molecule has 0 aliphatic carbocycles. The summed E-state index contributed by atoms with van der Waals surface area (Å²) in [5.41, 5.74) is 20.9. The van der Waals surface area contributed by atoms with Gasteiger partial charge in [-0.2, -0.15) is 10.2 Å². The molecule has 0 atom stereocenters. The molecule has 0 bridgehead atoms. The van der Waals surface area contributed by atoms with E-state index < -0.39 is 53.0 Å². The highest BCUT2D eigenvalue weighted by molar-refractivity contribution is 6.31. The molecule has 2 saturated heterocycles. The maximum Gasteiger partial charge on any atom is 0.321 e. The highest BCUT2D eigenvalue weighted by Gasteiger charge is 2.27. The van der Waals surface area contributed by atoms with Crippen LogP contribution in [0.5, 0.6) is 0 Å². The number of aromatic nitrogens is 4. The van der Waals surface area contributed by atoms with E-state index in [4.69, 9.17) is 40.2 Å². The second-order valence-corrected chi connectivity index (χ2v) is 21.5. The molecular formula is C56H68Cl2F2N18O8. The van der Waals surface area contributed by atoms with Gasteiger partial charge in [-0.15, -0.1) is 0 Å². The monoisotopic (exact) mass is 1230 g/mol. The Hall–Kier alpha value is -8.79. The number of halogens is 4. The van der Waals surface area contributed by atoms with E-state index in [1.807, 2.05) is 7.05 Å². The van der Waals surface area contributed by atoms with Crippen molar-refractivity contribution < 1.29 is 47.1 Å². The number of anilines is 1. The van der Waals surface area contributed by atoms with Crippen LogP contribution in [0.25, 0.3) is 32.2 Å². The Balaban J connectivity index is 0.000000248. The summed E-state index contributed by atoms with van der Waals surface area (Å²) in [4.78, 5) is 112. The van der Waals surface area contributed by atoms with E-state index in [9.17, 15) is 47.1 Å². The minimum atomic E-state index is -0.891. The molecule has 0 unspecified atom stereocenters. The lowest BCUT2D eigenvalue weighted by atomic mass is 10.1. The maximum absolute atomic E-state index is 14.2. The van der Waals surface area contributed by atoms with Crippen molar-refractivity contribution in [2.24, 2.45) is 16.6 Å². The van der Waals surface area contributed by atoms with Crippen molar-refractivity contribution in [1.82, 2.24) is 60.0 Å². The molecule has 6 aromatic rings. The summed E-state index contributed by atoms with van der Waals surface area (Å²) in [6.07, 6.45) is 0. The number of hydrogen-bond donors (Lipinski definition) is 6. The summed E-state index contributed by atoms with van der Waals surface area (Å²) in [6.45, 7) is 13.0. The number of piperazine rings is 2. The number of nitrogens with zero attached hydrogens (tertiary/aromatic N) is 12. The fraction of sp³-hybridized carbons (Fsp3) is 0.393. The number of carbonyl (C=O) groups excluding carboxylic acids is 8. The van der Waals surface area contributed by atoms with Crippen LogP contribution in [0, 0.1) is 11.6 Å². The third-order valence-corrected chi connectivity index (χ3v) is 14.4. The number of azide groups is 1. The van der Waals surface area contributed by atoms with E-state index in [-0.39, 0.29) is 101 Å². The molecule has 0 saturated carbocycles. The molecule has 2 aromatic heterocycles. The molecule has 2 fully saturated rings. The summed E-state index contributed by atoms with van der Waals surface area (Å²) in [7, 11) is 4.15. The smallest absolute Gasteiger partial charge is 0.321 e. The van der Waals surface area contributed by atoms with Crippen molar-refractivity contribution in [2.75, 3.05) is 84.9 Å². The van der Waals surface area contributed by atoms with Gasteiger partial charge in [0.2, 0.25) is 29.5 Å². The van der Waals surface area contributed by atoms with Gasteiger partial charge in [-0.1, -0.05) is 47.5 Å². The molecule has 0 spiro atoms. The molecule has 2 aliphatic heterocycles. The van der Waals surface area contributed by atoms with Crippen LogP contribution in [0.3, 0.4) is 0 Å². The number of urea groups is 1. The lowest BCUT2D eigenvalue weighted by Gasteiger charge is -2.32. The topological polar surface area (TPSA) is 337 Å². The number of amides is 9. The minimum Gasteiger partial charge on any atom is -0.364 e. The second-order valence-electron chi connectivity index (χ2n) is 20.7. The molecule has 26 nitrogen and oxygen atoms in total. The van der Waals surface area contributed by atoms with Crippen LogP contribution >= 0.6 is 23.2 Å². The average molecular weight is 1230 g/mol. The van der Waals surface area contributed by atoms with Gasteiger partial charge >= 0.3 is 6.03 Å². The molecule has 4 aromatic carbocycles. The largest absolute Gasteiger partial charge is 0.364 e. The summed E-state index contributed by atoms with van der Waals surface area (Å²) in [6, 6.07) is 16.9. The third kappa shape index (κ3) is 17.9. The summed E-state index contributed by atoms with van der Waals surface area (Å²) in [5, 5.41) is 23.2. The van der Waals surface area contributed by atoms with Crippen LogP contribution in [0.15, 0.2) is 77.9 Å². The first-order valence-electron chi connectivity index (χ1n) is 27.2. The van der Waals surface area contributed by atoms with E-state index in [0.29, 0.717) is 35.2 Å². The highest BCUT2D eigenvalue weighted by Crippen LogP contribution is 2.26. The number of hydrogen-bond acceptors (Lipinski definition) is 13. The van der Waals surface area contributed by atoms with Gasteiger partial charge in [0.25, 0.3) is 11.8 Å². The number of primary amides is 2. The van der Waals surface area contributed by atoms with Gasteiger partial charge in [-0.25, -0.2) is 13.6 Å². The number of benzene rings is 4. The van der Waals surface area contributed by atoms with Crippen molar-refractivity contribution in [3.05, 3.63) is 133 Å². The Kier molecular flexibility index (Phi) is 23.8. The van der Waals surface area contributed by atoms with Crippen LogP contribution in [-0.2, 0) is 45.4 Å². The number of fused-ring (bicyclic) bond motifs is 2. The Bertz CT molecular complexity index is 3540. The van der Waals surface area contributed by atoms with E-state index >= 15 is 0 Å². The standard InChI is InChI=1S/C28H34ClFN8O4.C23H22ClFN8O4.C5H12N2/c1-17(2)37(15-23(39)32-14-18-5-4-6-21(29)25(18)30)24(40)16-38-22-8-7-19(13-20(22)26(34-38)27(31)41)33-28(42)36-11-9-35(3)10-12-36;1-12(2)32(10-18(34)28-9-14-4-3-5-16(24)20(14)25)19(35)11-33-17-7-6-13(23(37)29-31-27)8-15(17)21(30-33)22(26)36;1-7-4-2-6-3-5-7/h4-8,13,17H,9-12,14-16H2,1-3H3,(H2,31,41)(H,32,39)(H,33,42);3-8,12H,9-11H2,1-2H3,(H2,26,36)(H,28,34);6H,2-5H2,1H3. The summed E-state index contributed by atoms with van der Waals surface area (Å²) >= 11 is 11.6. The molecule has 8 rings (SSSR count). The lowest BCUT2D eigenvalue weighted by molar-refractivity contribution is -0.138. The van der Waals surface area contributed by atoms with Crippen molar-refractivity contribution in [2.45, 2.75) is 66.0 Å². The summed E-state index contributed by atoms with van der Waals surface area (Å²) in [5.74, 6) is -5.73. The van der Waals surface area contributed by atoms with Gasteiger partial charge in [0, 0.05) is 116 Å². The molecular weight excluding hydrogens is 1160 g/mol. The highest BCUT2D eigenvalue weighted by atomic mass is 35.5. The quantitative estimate of drug-likeness (QED) is 0.0386. The first-order valence-corrected chi connectivity index (χ1v) is 27.9. The maximum atomic E-state index is 14.2. The molecule has 30 heteroatoms. The van der Waals surface area contributed by atoms with Crippen LogP contribution in [0.2, 0.25) is 10.0 Å². The van der Waals surface area contributed by atoms with Crippen LogP contribution in [0.4, 0.5) is 19.3 Å². The van der Waals surface area contributed by atoms with Gasteiger partial charge in [0.05, 0.1) is 34.2 Å². The second kappa shape index (κ2) is 30.8. The first-order chi connectivity index (χ1) is 40.9. The van der Waals surface area contributed by atoms with Crippen LogP contribution < -0.4 is 32.7 Å². The zero-order chi connectivity index (χ0) is 62.9. The molecule has 9 amide bonds. The molecule has 8 N–H and O–H groups in total. The minimum absolute atomic E-state index is 0.00953. The molecule has 0 radical (unpaired) electrons. The molecule has 458 valence electrons. The fourth-order valence-electron chi connectivity index (χ4n) is 9.00. The average Bonchev–Trinajstić information content (AvgIpc) is 1.91. The van der Waals surface area contributed by atoms with Gasteiger partial charge in [-0.05, 0) is 101 Å². The Morgan fingerprint density at radius 2 is 1.13 bits per heavy atom. The number of nitrogens with two attached hydrogens (primary N) is 2. The van der Waals surface area contributed by atoms with Crippen molar-refractivity contribution in [3.8, 4) is 0 Å². The van der Waals surface area contributed by atoms with Gasteiger partial charge < -0.3 is 57.2 Å². The van der Waals surface area contributed by atoms with Crippen molar-refractivity contribution in [3.63, 3.8) is 0 Å². The Morgan fingerprint density at radius 1 is 0.674 bits per heavy atom. The normalized spacial score (nSPS) is 13.4. The third-order valence-electron chi connectivity index (χ3n) is 13.8. The number of carbonyl (C=O) groups is 8. The summed E-state index contributed by atoms with van der Waals surface area (Å²) < 4.78 is 30.8. The van der Waals surface area contributed by atoms with Gasteiger partial charge in [-0.3, -0.25) is 42.9 Å². The first kappa shape index (κ1) is 66.4. The van der Waals surface area contributed by atoms with Crippen molar-refractivity contribution >= 4 is 98.1 Å². The van der Waals surface area contributed by atoms with Crippen LogP contribution in [-0.4, -0.2) is 183 Å². The molecule has 4 heterocycles. The SMILES string of the molecule is CC(C)N(CC(=O)NCc1cccc(Cl)c1F)C(=O)Cn1nc(C(N)=O)c2cc(C(=O)N=[N+]=[N-])ccc21.CC(C)N(CC(=O)NCc1cccc(Cl)c1F)C(=O)Cn1nc(C(N)=O)c2cc(NC(=O)N3CCN(C)CC3)ccc21.CN1CCNCC1. The predicted molar refractivity (Wildman–Crippen MR) is 319 cm³/mol. The predicted octanol–water partition coefficient (Wildman–Crippen LogP) is 4.71. The van der Waals surface area contributed by atoms with Gasteiger partial charge in [0.15, 0.2) is 11.4 Å². The lowest BCUT2D eigenvalue weighted by Crippen LogP contribution is -2.48.